The van der Waals surface area contributed by atoms with Crippen LogP contribution < -0.4 is 0 Å². The molecule has 15 fully saturated rings. The van der Waals surface area contributed by atoms with E-state index in [4.69, 9.17) is 34.6 Å². The first-order valence-corrected chi connectivity index (χ1v) is 33.9. The summed E-state index contributed by atoms with van der Waals surface area (Å²) in [6.07, 6.45) is 30.4. The van der Waals surface area contributed by atoms with E-state index in [9.17, 15) is 34.2 Å². The molecule has 0 heterocycles. The van der Waals surface area contributed by atoms with Crippen molar-refractivity contribution in [1.82, 2.24) is 0 Å². The zero-order valence-corrected chi connectivity index (χ0v) is 55.6. The number of aliphatic hydroxyl groups excluding tert-OH is 5. The third-order valence-electron chi connectivity index (χ3n) is 23.7. The summed E-state index contributed by atoms with van der Waals surface area (Å²) in [5, 5.41) is 52.0. The van der Waals surface area contributed by atoms with Crippen LogP contribution in [0.2, 0.25) is 0 Å². The van der Waals surface area contributed by atoms with E-state index in [0.717, 1.165) is 123 Å². The molecule has 0 aromatic rings. The van der Waals surface area contributed by atoms with E-state index in [1.54, 1.807) is 27.7 Å². The van der Waals surface area contributed by atoms with E-state index in [1.165, 1.54) is 130 Å². The number of ether oxygens (including phenoxy) is 5. The van der Waals surface area contributed by atoms with E-state index in [1.807, 2.05) is 0 Å². The van der Waals surface area contributed by atoms with Crippen molar-refractivity contribution in [3.8, 4) is 0 Å². The Morgan fingerprint density at radius 3 is 1.40 bits per heavy atom. The van der Waals surface area contributed by atoms with Crippen molar-refractivity contribution in [1.29, 1.82) is 0 Å². The van der Waals surface area contributed by atoms with Gasteiger partial charge in [-0.2, -0.15) is 0 Å². The van der Waals surface area contributed by atoms with E-state index in [-0.39, 0.29) is 42.2 Å². The van der Waals surface area contributed by atoms with Crippen molar-refractivity contribution in [3.63, 3.8) is 0 Å². The van der Waals surface area contributed by atoms with Crippen LogP contribution in [0.15, 0.2) is 60.8 Å². The predicted molar refractivity (Wildman–Crippen MR) is 342 cm³/mol. The number of rotatable bonds is 12. The number of carbonyl (C=O) groups excluding carboxylic acids is 5. The molecule has 0 radical (unpaired) electrons. The Labute approximate surface area is 533 Å². The summed E-state index contributed by atoms with van der Waals surface area (Å²) in [4.78, 5) is 54.9. The second-order valence-corrected chi connectivity index (χ2v) is 29.7. The first-order chi connectivity index (χ1) is 42.4. The van der Waals surface area contributed by atoms with Crippen LogP contribution in [0.4, 0.5) is 0 Å². The maximum Gasteiger partial charge on any atom is 0.335 e. The van der Waals surface area contributed by atoms with Gasteiger partial charge in [0, 0.05) is 49.5 Å². The fourth-order valence-electron chi connectivity index (χ4n) is 20.6. The van der Waals surface area contributed by atoms with Crippen molar-refractivity contribution in [2.75, 3.05) is 54.9 Å². The van der Waals surface area contributed by atoms with E-state index < -0.39 is 17.2 Å². The van der Waals surface area contributed by atoms with Crippen molar-refractivity contribution >= 4 is 29.8 Å². The molecule has 6 N–H and O–H groups in total. The minimum absolute atomic E-state index is 0.0827. The summed E-state index contributed by atoms with van der Waals surface area (Å²) >= 11 is 0. The third-order valence-corrected chi connectivity index (χ3v) is 23.7. The standard InChI is InChI=1S/C17H24O3.C14H20O3.C12H18O2.C10H16O.C8H14O.2C5H8O2.2CH4O/c1-9(7-18)17(19)20-8-13-5-12-6-14(13)16-11-3-2-10(4-11)15(12)16;1-9(2)12(15)17-14-6-10-3-11(7-14)5-13(16,4-10)8-14;1-8(2)12(13)14-7-11-6-9-3-4-10(11)5-9;11-10-5-6-4-9(10)8-3-1-2-7(6)8;9-5-8-4-6-1-2-7(8)3-6;2*1-4(2)5(6)7-3;2*1-2/h10-16,18H,1-8H2;10-11,16H,1,3-8H2,2H3;9-11H,1,3-7H2,2H3;6-11H,1-5H2;6-9H,1-5H2;2*1H2,2-3H3;2*2H,1H3. The lowest BCUT2D eigenvalue weighted by Gasteiger charge is -2.59. The Bertz CT molecular complexity index is 2410. The lowest BCUT2D eigenvalue weighted by molar-refractivity contribution is -0.217. The van der Waals surface area contributed by atoms with Gasteiger partial charge in [-0.05, 0) is 269 Å². The Morgan fingerprint density at radius 1 is 0.449 bits per heavy atom. The maximum absolute atomic E-state index is 11.7. The smallest absolute Gasteiger partial charge is 0.335 e. The molecule has 0 aliphatic heterocycles. The molecule has 16 heteroatoms. The Morgan fingerprint density at radius 2 is 0.944 bits per heavy atom. The molecule has 0 amide bonds. The number of methoxy groups -OCH3 is 2. The third kappa shape index (κ3) is 18.6. The molecule has 0 aromatic heterocycles. The maximum atomic E-state index is 11.7. The van der Waals surface area contributed by atoms with Gasteiger partial charge in [0.2, 0.25) is 0 Å². The molecule has 0 aromatic carbocycles. The molecule has 20 unspecified atom stereocenters. The molecule has 0 saturated heterocycles. The summed E-state index contributed by atoms with van der Waals surface area (Å²) in [6, 6.07) is 0. The monoisotopic (exact) mass is 1250 g/mol. The quantitative estimate of drug-likeness (QED) is 0.0460. The second-order valence-electron chi connectivity index (χ2n) is 29.7. The van der Waals surface area contributed by atoms with Crippen molar-refractivity contribution < 1.29 is 78.3 Å². The molecule has 504 valence electrons. The molecule has 0 spiro atoms. The zero-order valence-electron chi connectivity index (χ0n) is 55.6. The molecule has 20 atom stereocenters. The van der Waals surface area contributed by atoms with Gasteiger partial charge < -0.3 is 54.3 Å². The lowest BCUT2D eigenvalue weighted by Crippen LogP contribution is -2.60. The van der Waals surface area contributed by atoms with Gasteiger partial charge in [0.15, 0.2) is 0 Å². The normalized spacial score (nSPS) is 38.8. The fourth-order valence-corrected chi connectivity index (χ4v) is 20.6. The minimum Gasteiger partial charge on any atom is -0.466 e. The highest BCUT2D eigenvalue weighted by Crippen LogP contribution is 2.69. The summed E-state index contributed by atoms with van der Waals surface area (Å²) in [5.74, 6) is 14.2. The molecule has 15 rings (SSSR count). The van der Waals surface area contributed by atoms with E-state index in [0.29, 0.717) is 84.0 Å². The van der Waals surface area contributed by atoms with Crippen LogP contribution in [0.25, 0.3) is 0 Å². The number of hydrogen-bond donors (Lipinski definition) is 6. The summed E-state index contributed by atoms with van der Waals surface area (Å²) in [5.41, 5.74) is 1.03. The van der Waals surface area contributed by atoms with Crippen molar-refractivity contribution in [2.24, 2.45) is 112 Å². The Balaban J connectivity index is 0.000000169. The predicted octanol–water partition coefficient (Wildman–Crippen LogP) is 11.0. The molecule has 89 heavy (non-hydrogen) atoms. The van der Waals surface area contributed by atoms with Gasteiger partial charge >= 0.3 is 29.8 Å². The fraction of sp³-hybridized carbons (Fsp3) is 0.795. The molecular formula is C73H116O16. The first-order valence-electron chi connectivity index (χ1n) is 33.9. The van der Waals surface area contributed by atoms with E-state index >= 15 is 0 Å². The average molecular weight is 1250 g/mol. The SMILES string of the molecule is C=C(C)C(=O)OC.C=C(C)C(=O)OC.C=C(C)C(=O)OC12CC3CC(CC(O)(C3)C1)C2.C=C(C)C(=O)OCC1CC2CCC1C2.C=C(CO)C(=O)OCC1CC2CC1C1C3CCC(C3)C21.CO.CO.OC1CC2CC1C1CCCC21.OCC1CC2CCC1C2. The Kier molecular flexibility index (Phi) is 27.9. The summed E-state index contributed by atoms with van der Waals surface area (Å²) in [7, 11) is 4.66. The van der Waals surface area contributed by atoms with Gasteiger partial charge in [-0.15, -0.1) is 0 Å². The average Bonchev–Trinajstić information content (AvgIpc) is 1.68. The number of fused-ring (bicyclic) bond motifs is 18. The van der Waals surface area contributed by atoms with Gasteiger partial charge in [0.05, 0.1) is 51.3 Å². The van der Waals surface area contributed by atoms with Crippen LogP contribution in [-0.4, -0.2) is 133 Å². The molecule has 15 saturated carbocycles. The number of hydrogen-bond acceptors (Lipinski definition) is 16. The number of aliphatic hydroxyl groups is 6. The lowest BCUT2D eigenvalue weighted by atomic mass is 9.52. The first kappa shape index (κ1) is 73.9. The van der Waals surface area contributed by atoms with Crippen LogP contribution in [0.5, 0.6) is 0 Å². The van der Waals surface area contributed by atoms with Crippen LogP contribution in [0, 0.1) is 112 Å². The van der Waals surface area contributed by atoms with Gasteiger partial charge in [-0.25, -0.2) is 24.0 Å². The molecule has 14 bridgehead atoms. The molecular weight excluding hydrogens is 1130 g/mol. The second kappa shape index (κ2) is 33.6. The molecule has 15 aliphatic rings. The molecule has 16 nitrogen and oxygen atoms in total. The van der Waals surface area contributed by atoms with Crippen LogP contribution in [0.3, 0.4) is 0 Å². The summed E-state index contributed by atoms with van der Waals surface area (Å²) in [6.45, 7) is 25.3. The van der Waals surface area contributed by atoms with Gasteiger partial charge in [-0.3, -0.25) is 0 Å². The van der Waals surface area contributed by atoms with Crippen LogP contribution >= 0.6 is 0 Å². The van der Waals surface area contributed by atoms with Crippen molar-refractivity contribution in [3.05, 3.63) is 60.8 Å². The van der Waals surface area contributed by atoms with Crippen LogP contribution in [0.1, 0.15) is 182 Å². The Hall–Kier alpha value is -4.19. The number of esters is 5. The minimum atomic E-state index is -0.570. The highest BCUT2D eigenvalue weighted by atomic mass is 16.6. The van der Waals surface area contributed by atoms with Gasteiger partial charge in [-0.1, -0.05) is 52.2 Å². The highest BCUT2D eigenvalue weighted by molar-refractivity contribution is 5.88. The van der Waals surface area contributed by atoms with Gasteiger partial charge in [0.1, 0.15) is 5.60 Å². The largest absolute Gasteiger partial charge is 0.466 e. The number of carbonyl (C=O) groups is 5. The highest BCUT2D eigenvalue weighted by Gasteiger charge is 2.63. The zero-order chi connectivity index (χ0) is 65.7. The topological polar surface area (TPSA) is 253 Å². The summed E-state index contributed by atoms with van der Waals surface area (Å²) < 4.78 is 24.8. The van der Waals surface area contributed by atoms with Crippen LogP contribution in [-0.2, 0) is 47.7 Å². The van der Waals surface area contributed by atoms with Crippen molar-refractivity contribution in [2.45, 2.75) is 199 Å². The van der Waals surface area contributed by atoms with Gasteiger partial charge in [0.25, 0.3) is 0 Å². The molecule has 15 aliphatic carbocycles. The van der Waals surface area contributed by atoms with E-state index in [2.05, 4.69) is 42.4 Å².